The van der Waals surface area contributed by atoms with Crippen LogP contribution in [-0.2, 0) is 4.79 Å². The molecule has 4 nitrogen and oxygen atoms in total. The molecule has 0 radical (unpaired) electrons. The molecule has 1 atom stereocenters. The predicted octanol–water partition coefficient (Wildman–Crippen LogP) is 3.32. The number of hydrogen-bond donors (Lipinski definition) is 2. The van der Waals surface area contributed by atoms with Gasteiger partial charge in [0, 0.05) is 30.9 Å². The van der Waals surface area contributed by atoms with E-state index in [0.29, 0.717) is 6.04 Å². The second kappa shape index (κ2) is 8.13. The average molecular weight is 329 g/mol. The average Bonchev–Trinajstić information content (AvgIpc) is 3.08. The van der Waals surface area contributed by atoms with Crippen molar-refractivity contribution in [1.82, 2.24) is 10.2 Å². The van der Waals surface area contributed by atoms with Gasteiger partial charge in [-0.05, 0) is 57.2 Å². The number of benzene rings is 1. The van der Waals surface area contributed by atoms with Gasteiger partial charge in [0.15, 0.2) is 0 Å². The van der Waals surface area contributed by atoms with Gasteiger partial charge < -0.3 is 10.6 Å². The Kier molecular flexibility index (Phi) is 5.90. The smallest absolute Gasteiger partial charge is 0.241 e. The minimum atomic E-state index is -0.0713. The van der Waals surface area contributed by atoms with Crippen LogP contribution in [0.2, 0.25) is 0 Å². The van der Waals surface area contributed by atoms with Gasteiger partial charge >= 0.3 is 0 Å². The van der Waals surface area contributed by atoms with Gasteiger partial charge in [0.25, 0.3) is 0 Å². The lowest BCUT2D eigenvalue weighted by Crippen LogP contribution is -2.50. The fraction of sp³-hybridized carbons (Fsp3) is 0.650. The van der Waals surface area contributed by atoms with Crippen LogP contribution in [0, 0.1) is 6.92 Å². The number of nitrogens with zero attached hydrogens (tertiary/aromatic N) is 1. The molecule has 4 heteroatoms. The van der Waals surface area contributed by atoms with E-state index in [1.54, 1.807) is 0 Å². The summed E-state index contributed by atoms with van der Waals surface area (Å²) in [6, 6.07) is 9.30. The maximum Gasteiger partial charge on any atom is 0.241 e. The molecule has 1 unspecified atom stereocenters. The lowest BCUT2D eigenvalue weighted by atomic mass is 10.0. The van der Waals surface area contributed by atoms with Crippen molar-refractivity contribution in [3.8, 4) is 0 Å². The summed E-state index contributed by atoms with van der Waals surface area (Å²) in [6.45, 7) is 6.08. The summed E-state index contributed by atoms with van der Waals surface area (Å²) in [5.74, 6) is 0.0998. The number of rotatable bonds is 5. The molecule has 2 N–H and O–H groups in total. The maximum atomic E-state index is 12.5. The third-order valence-corrected chi connectivity index (χ3v) is 5.57. The number of anilines is 1. The molecule has 1 aliphatic heterocycles. The quantitative estimate of drug-likeness (QED) is 0.871. The number of carbonyl (C=O) groups is 1. The maximum absolute atomic E-state index is 12.5. The minimum absolute atomic E-state index is 0.0713. The standard InChI is InChI=1S/C20H31N3O/c1-15-6-5-9-19(14-15)22-20(24)16(2)23-12-10-18(11-13-23)21-17-7-3-4-8-17/h5-6,9,14,16-18,21H,3-4,7-8,10-13H2,1-2H3,(H,22,24). The molecule has 1 saturated carbocycles. The summed E-state index contributed by atoms with van der Waals surface area (Å²) in [6.07, 6.45) is 7.75. The monoisotopic (exact) mass is 329 g/mol. The van der Waals surface area contributed by atoms with Gasteiger partial charge in [-0.1, -0.05) is 25.0 Å². The van der Waals surface area contributed by atoms with Crippen molar-refractivity contribution >= 4 is 11.6 Å². The van der Waals surface area contributed by atoms with E-state index in [0.717, 1.165) is 37.7 Å². The summed E-state index contributed by atoms with van der Waals surface area (Å²) in [5.41, 5.74) is 2.06. The summed E-state index contributed by atoms with van der Waals surface area (Å²) < 4.78 is 0. The highest BCUT2D eigenvalue weighted by Gasteiger charge is 2.28. The molecule has 2 fully saturated rings. The fourth-order valence-corrected chi connectivity index (χ4v) is 4.01. The van der Waals surface area contributed by atoms with E-state index in [1.165, 1.54) is 31.2 Å². The molecule has 132 valence electrons. The van der Waals surface area contributed by atoms with E-state index in [-0.39, 0.29) is 11.9 Å². The second-order valence-corrected chi connectivity index (χ2v) is 7.49. The second-order valence-electron chi connectivity index (χ2n) is 7.49. The zero-order valence-corrected chi connectivity index (χ0v) is 15.1. The van der Waals surface area contributed by atoms with Crippen molar-refractivity contribution in [3.63, 3.8) is 0 Å². The van der Waals surface area contributed by atoms with Crippen LogP contribution in [0.15, 0.2) is 24.3 Å². The summed E-state index contributed by atoms with van der Waals surface area (Å²) >= 11 is 0. The van der Waals surface area contributed by atoms with E-state index in [1.807, 2.05) is 38.1 Å². The van der Waals surface area contributed by atoms with Gasteiger partial charge in [-0.2, -0.15) is 0 Å². The normalized spacial score (nSPS) is 21.8. The van der Waals surface area contributed by atoms with Gasteiger partial charge in [-0.3, -0.25) is 9.69 Å². The third kappa shape index (κ3) is 4.58. The number of nitrogens with one attached hydrogen (secondary N) is 2. The van der Waals surface area contributed by atoms with Crippen molar-refractivity contribution in [2.45, 2.75) is 70.5 Å². The Labute approximate surface area is 146 Å². The lowest BCUT2D eigenvalue weighted by Gasteiger charge is -2.36. The molecule has 1 saturated heterocycles. The Morgan fingerprint density at radius 3 is 2.46 bits per heavy atom. The van der Waals surface area contributed by atoms with E-state index in [2.05, 4.69) is 15.5 Å². The molecule has 1 amide bonds. The number of aryl methyl sites for hydroxylation is 1. The van der Waals surface area contributed by atoms with Crippen LogP contribution in [0.3, 0.4) is 0 Å². The first kappa shape index (κ1) is 17.4. The highest BCUT2D eigenvalue weighted by atomic mass is 16.2. The summed E-state index contributed by atoms with van der Waals surface area (Å²) in [7, 11) is 0. The Balaban J connectivity index is 1.45. The molecular formula is C20H31N3O. The SMILES string of the molecule is Cc1cccc(NC(=O)C(C)N2CCC(NC3CCCC3)CC2)c1. The third-order valence-electron chi connectivity index (χ3n) is 5.57. The summed E-state index contributed by atoms with van der Waals surface area (Å²) in [5, 5.41) is 6.88. The van der Waals surface area contributed by atoms with Crippen molar-refractivity contribution < 1.29 is 4.79 Å². The highest BCUT2D eigenvalue weighted by Crippen LogP contribution is 2.21. The number of carbonyl (C=O) groups excluding carboxylic acids is 1. The lowest BCUT2D eigenvalue weighted by molar-refractivity contribution is -0.121. The first-order valence-electron chi connectivity index (χ1n) is 9.49. The van der Waals surface area contributed by atoms with Crippen molar-refractivity contribution in [2.75, 3.05) is 18.4 Å². The molecule has 3 rings (SSSR count). The van der Waals surface area contributed by atoms with Crippen LogP contribution in [0.4, 0.5) is 5.69 Å². The molecule has 2 aliphatic rings. The van der Waals surface area contributed by atoms with Gasteiger partial charge in [0.1, 0.15) is 0 Å². The summed E-state index contributed by atoms with van der Waals surface area (Å²) in [4.78, 5) is 14.8. The first-order chi connectivity index (χ1) is 11.6. The Bertz CT molecular complexity index is 546. The van der Waals surface area contributed by atoms with Gasteiger partial charge in [0.05, 0.1) is 6.04 Å². The zero-order valence-electron chi connectivity index (χ0n) is 15.1. The van der Waals surface area contributed by atoms with Crippen LogP contribution >= 0.6 is 0 Å². The number of hydrogen-bond acceptors (Lipinski definition) is 3. The molecule has 0 aromatic heterocycles. The molecule has 1 aromatic carbocycles. The van der Waals surface area contributed by atoms with Crippen molar-refractivity contribution in [2.24, 2.45) is 0 Å². The number of likely N-dealkylation sites (tertiary alicyclic amines) is 1. The van der Waals surface area contributed by atoms with E-state index in [4.69, 9.17) is 0 Å². The number of amides is 1. The largest absolute Gasteiger partial charge is 0.325 e. The van der Waals surface area contributed by atoms with Crippen LogP contribution in [-0.4, -0.2) is 42.0 Å². The first-order valence-corrected chi connectivity index (χ1v) is 9.49. The molecule has 1 aliphatic carbocycles. The zero-order chi connectivity index (χ0) is 16.9. The van der Waals surface area contributed by atoms with Crippen LogP contribution in [0.5, 0.6) is 0 Å². The predicted molar refractivity (Wildman–Crippen MR) is 99.3 cm³/mol. The van der Waals surface area contributed by atoms with Crippen molar-refractivity contribution in [1.29, 1.82) is 0 Å². The molecule has 0 spiro atoms. The Hall–Kier alpha value is -1.39. The van der Waals surface area contributed by atoms with Crippen LogP contribution in [0.25, 0.3) is 0 Å². The highest BCUT2D eigenvalue weighted by molar-refractivity contribution is 5.94. The molecule has 1 aromatic rings. The van der Waals surface area contributed by atoms with Gasteiger partial charge in [-0.15, -0.1) is 0 Å². The molecule has 0 bridgehead atoms. The molecule has 24 heavy (non-hydrogen) atoms. The van der Waals surface area contributed by atoms with E-state index >= 15 is 0 Å². The van der Waals surface area contributed by atoms with E-state index in [9.17, 15) is 4.79 Å². The molecule has 1 heterocycles. The number of piperidine rings is 1. The van der Waals surface area contributed by atoms with Crippen molar-refractivity contribution in [3.05, 3.63) is 29.8 Å². The van der Waals surface area contributed by atoms with Gasteiger partial charge in [-0.25, -0.2) is 0 Å². The van der Waals surface area contributed by atoms with Crippen LogP contribution < -0.4 is 10.6 Å². The van der Waals surface area contributed by atoms with Crippen LogP contribution in [0.1, 0.15) is 51.0 Å². The molecular weight excluding hydrogens is 298 g/mol. The van der Waals surface area contributed by atoms with Gasteiger partial charge in [0.2, 0.25) is 5.91 Å². The minimum Gasteiger partial charge on any atom is -0.325 e. The Morgan fingerprint density at radius 1 is 1.12 bits per heavy atom. The topological polar surface area (TPSA) is 44.4 Å². The fourth-order valence-electron chi connectivity index (χ4n) is 4.01. The Morgan fingerprint density at radius 2 is 1.79 bits per heavy atom. The van der Waals surface area contributed by atoms with E-state index < -0.39 is 0 Å².